The fourth-order valence-corrected chi connectivity index (χ4v) is 1.92. The quantitative estimate of drug-likeness (QED) is 0.708. The van der Waals surface area contributed by atoms with E-state index < -0.39 is 0 Å². The lowest BCUT2D eigenvalue weighted by atomic mass is 10.2. The van der Waals surface area contributed by atoms with Crippen LogP contribution in [0.5, 0.6) is 0 Å². The predicted molar refractivity (Wildman–Crippen MR) is 59.7 cm³/mol. The molecule has 0 saturated heterocycles. The van der Waals surface area contributed by atoms with E-state index in [1.807, 2.05) is 6.08 Å². The molecule has 0 fully saturated rings. The van der Waals surface area contributed by atoms with Crippen LogP contribution in [0.3, 0.4) is 0 Å². The van der Waals surface area contributed by atoms with E-state index in [9.17, 15) is 4.79 Å². The standard InChI is InChI=1S/C10H19NOS/c1-7(2)6-9(10(12)11-5)13-8(3)4/h6-8H,1-5H3,(H,11,12). The van der Waals surface area contributed by atoms with Crippen LogP contribution >= 0.6 is 11.8 Å². The van der Waals surface area contributed by atoms with E-state index in [2.05, 4.69) is 33.0 Å². The number of hydrogen-bond acceptors (Lipinski definition) is 2. The minimum Gasteiger partial charge on any atom is -0.355 e. The Labute approximate surface area is 85.2 Å². The summed E-state index contributed by atoms with van der Waals surface area (Å²) >= 11 is 1.61. The van der Waals surface area contributed by atoms with Crippen LogP contribution in [0.1, 0.15) is 27.7 Å². The molecule has 0 heterocycles. The van der Waals surface area contributed by atoms with E-state index in [0.717, 1.165) is 4.91 Å². The lowest BCUT2D eigenvalue weighted by Gasteiger charge is -2.09. The van der Waals surface area contributed by atoms with Crippen molar-refractivity contribution in [3.8, 4) is 0 Å². The van der Waals surface area contributed by atoms with Crippen molar-refractivity contribution in [3.63, 3.8) is 0 Å². The molecule has 0 rings (SSSR count). The Morgan fingerprint density at radius 2 is 1.85 bits per heavy atom. The summed E-state index contributed by atoms with van der Waals surface area (Å²) in [5, 5.41) is 3.09. The minimum atomic E-state index is 0.0207. The van der Waals surface area contributed by atoms with Gasteiger partial charge in [0.05, 0.1) is 4.91 Å². The first-order chi connectivity index (χ1) is 5.97. The maximum Gasteiger partial charge on any atom is 0.257 e. The zero-order valence-corrected chi connectivity index (χ0v) is 9.87. The lowest BCUT2D eigenvalue weighted by Crippen LogP contribution is -2.19. The van der Waals surface area contributed by atoms with Gasteiger partial charge in [-0.3, -0.25) is 4.79 Å². The Bertz CT molecular complexity index is 197. The minimum absolute atomic E-state index is 0.0207. The average molecular weight is 201 g/mol. The molecule has 0 aromatic rings. The number of thioether (sulfide) groups is 1. The molecule has 2 nitrogen and oxygen atoms in total. The monoisotopic (exact) mass is 201 g/mol. The molecule has 3 heteroatoms. The van der Waals surface area contributed by atoms with Crippen molar-refractivity contribution in [2.45, 2.75) is 32.9 Å². The van der Waals surface area contributed by atoms with E-state index in [4.69, 9.17) is 0 Å². The van der Waals surface area contributed by atoms with Crippen molar-refractivity contribution in [1.82, 2.24) is 5.32 Å². The summed E-state index contributed by atoms with van der Waals surface area (Å²) in [6.45, 7) is 8.32. The molecule has 1 amide bonds. The van der Waals surface area contributed by atoms with Crippen molar-refractivity contribution >= 4 is 17.7 Å². The van der Waals surface area contributed by atoms with Crippen molar-refractivity contribution in [1.29, 1.82) is 0 Å². The number of likely N-dealkylation sites (N-methyl/N-ethyl adjacent to an activating group) is 1. The second-order valence-electron chi connectivity index (χ2n) is 3.52. The summed E-state index contributed by atoms with van der Waals surface area (Å²) in [7, 11) is 1.66. The van der Waals surface area contributed by atoms with E-state index in [1.165, 1.54) is 0 Å². The van der Waals surface area contributed by atoms with Gasteiger partial charge in [0, 0.05) is 12.3 Å². The van der Waals surface area contributed by atoms with Gasteiger partial charge in [-0.25, -0.2) is 0 Å². The first kappa shape index (κ1) is 12.6. The van der Waals surface area contributed by atoms with Crippen LogP contribution in [-0.4, -0.2) is 18.2 Å². The molecule has 0 radical (unpaired) electrons. The van der Waals surface area contributed by atoms with Crippen LogP contribution in [0.2, 0.25) is 0 Å². The molecule has 0 aliphatic rings. The van der Waals surface area contributed by atoms with Gasteiger partial charge in [-0.1, -0.05) is 33.8 Å². The molecule has 0 aromatic carbocycles. The lowest BCUT2D eigenvalue weighted by molar-refractivity contribution is -0.116. The summed E-state index contributed by atoms with van der Waals surface area (Å²) in [5.74, 6) is 0.436. The highest BCUT2D eigenvalue weighted by molar-refractivity contribution is 8.04. The molecule has 0 saturated carbocycles. The first-order valence-corrected chi connectivity index (χ1v) is 5.46. The van der Waals surface area contributed by atoms with Gasteiger partial charge in [-0.2, -0.15) is 0 Å². The third-order valence-electron chi connectivity index (χ3n) is 1.30. The Hall–Kier alpha value is -0.440. The molecular weight excluding hydrogens is 182 g/mol. The normalized spacial score (nSPS) is 12.4. The second kappa shape index (κ2) is 6.08. The summed E-state index contributed by atoms with van der Waals surface area (Å²) in [6.07, 6.45) is 2.00. The highest BCUT2D eigenvalue weighted by Gasteiger charge is 2.10. The number of hydrogen-bond donors (Lipinski definition) is 1. The van der Waals surface area contributed by atoms with Crippen LogP contribution < -0.4 is 5.32 Å². The van der Waals surface area contributed by atoms with Crippen LogP contribution in [0.15, 0.2) is 11.0 Å². The maximum atomic E-state index is 11.4. The van der Waals surface area contributed by atoms with E-state index in [0.29, 0.717) is 11.2 Å². The summed E-state index contributed by atoms with van der Waals surface area (Å²) < 4.78 is 0. The first-order valence-electron chi connectivity index (χ1n) is 4.58. The van der Waals surface area contributed by atoms with Crippen molar-refractivity contribution in [2.75, 3.05) is 7.05 Å². The predicted octanol–water partition coefficient (Wildman–Crippen LogP) is 2.41. The molecule has 0 aliphatic carbocycles. The molecular formula is C10H19NOS. The molecule has 0 atom stereocenters. The Balaban J connectivity index is 4.45. The van der Waals surface area contributed by atoms with E-state index in [1.54, 1.807) is 18.8 Å². The van der Waals surface area contributed by atoms with Gasteiger partial charge >= 0.3 is 0 Å². The zero-order chi connectivity index (χ0) is 10.4. The third-order valence-corrected chi connectivity index (χ3v) is 2.35. The molecule has 0 bridgehead atoms. The van der Waals surface area contributed by atoms with Crippen LogP contribution in [0, 0.1) is 5.92 Å². The van der Waals surface area contributed by atoms with E-state index in [-0.39, 0.29) is 5.91 Å². The SMILES string of the molecule is CNC(=O)C(=CC(C)C)SC(C)C. The van der Waals surface area contributed by atoms with Crippen LogP contribution in [-0.2, 0) is 4.79 Å². The number of amides is 1. The topological polar surface area (TPSA) is 29.1 Å². The molecule has 0 aliphatic heterocycles. The van der Waals surface area contributed by atoms with Gasteiger partial charge < -0.3 is 5.32 Å². The Morgan fingerprint density at radius 1 is 1.31 bits per heavy atom. The molecule has 0 unspecified atom stereocenters. The Kier molecular flexibility index (Phi) is 5.88. The number of carbonyl (C=O) groups is 1. The maximum absolute atomic E-state index is 11.4. The van der Waals surface area contributed by atoms with Gasteiger partial charge in [-0.05, 0) is 5.92 Å². The van der Waals surface area contributed by atoms with Crippen LogP contribution in [0.25, 0.3) is 0 Å². The van der Waals surface area contributed by atoms with Crippen molar-refractivity contribution in [3.05, 3.63) is 11.0 Å². The molecule has 0 aromatic heterocycles. The fraction of sp³-hybridized carbons (Fsp3) is 0.700. The summed E-state index contributed by atoms with van der Waals surface area (Å²) in [5.41, 5.74) is 0. The molecule has 1 N–H and O–H groups in total. The zero-order valence-electron chi connectivity index (χ0n) is 9.05. The third kappa shape index (κ3) is 5.75. The number of rotatable bonds is 4. The van der Waals surface area contributed by atoms with Crippen molar-refractivity contribution < 1.29 is 4.79 Å². The van der Waals surface area contributed by atoms with Gasteiger partial charge in [-0.15, -0.1) is 11.8 Å². The molecule has 13 heavy (non-hydrogen) atoms. The highest BCUT2D eigenvalue weighted by atomic mass is 32.2. The highest BCUT2D eigenvalue weighted by Crippen LogP contribution is 2.22. The van der Waals surface area contributed by atoms with Gasteiger partial charge in [0.25, 0.3) is 5.91 Å². The summed E-state index contributed by atoms with van der Waals surface area (Å²) in [6, 6.07) is 0. The van der Waals surface area contributed by atoms with Crippen molar-refractivity contribution in [2.24, 2.45) is 5.92 Å². The smallest absolute Gasteiger partial charge is 0.257 e. The number of carbonyl (C=O) groups excluding carboxylic acids is 1. The molecule has 76 valence electrons. The second-order valence-corrected chi connectivity index (χ2v) is 5.14. The number of allylic oxidation sites excluding steroid dienone is 1. The fourth-order valence-electron chi connectivity index (χ4n) is 0.848. The summed E-state index contributed by atoms with van der Waals surface area (Å²) in [4.78, 5) is 12.2. The van der Waals surface area contributed by atoms with Gasteiger partial charge in [0.1, 0.15) is 0 Å². The van der Waals surface area contributed by atoms with Crippen LogP contribution in [0.4, 0.5) is 0 Å². The average Bonchev–Trinajstić information content (AvgIpc) is 2.00. The van der Waals surface area contributed by atoms with Gasteiger partial charge in [0.15, 0.2) is 0 Å². The number of nitrogens with one attached hydrogen (secondary N) is 1. The largest absolute Gasteiger partial charge is 0.355 e. The molecule has 0 spiro atoms. The Morgan fingerprint density at radius 3 is 2.15 bits per heavy atom. The van der Waals surface area contributed by atoms with Gasteiger partial charge in [0.2, 0.25) is 0 Å². The van der Waals surface area contributed by atoms with E-state index >= 15 is 0 Å².